The number of carbonyl (C=O) groups is 1. The zero-order valence-corrected chi connectivity index (χ0v) is 15.8. The normalized spacial score (nSPS) is 14.4. The maximum atomic E-state index is 11.9. The van der Waals surface area contributed by atoms with E-state index in [2.05, 4.69) is 45.5 Å². The van der Waals surface area contributed by atoms with E-state index in [1.165, 1.54) is 31.5 Å². The van der Waals surface area contributed by atoms with Crippen molar-refractivity contribution in [2.75, 3.05) is 19.7 Å². The molecule has 0 saturated carbocycles. The highest BCUT2D eigenvalue weighted by Crippen LogP contribution is 2.15. The van der Waals surface area contributed by atoms with Crippen LogP contribution in [0.2, 0.25) is 0 Å². The summed E-state index contributed by atoms with van der Waals surface area (Å²) in [4.78, 5) is 13.6. The van der Waals surface area contributed by atoms with Crippen molar-refractivity contribution in [3.05, 3.63) is 64.1 Å². The van der Waals surface area contributed by atoms with E-state index < -0.39 is 0 Å². The molecule has 1 aliphatic heterocycles. The number of likely N-dealkylation sites (tertiary alicyclic amines) is 1. The third kappa shape index (κ3) is 5.87. The lowest BCUT2D eigenvalue weighted by Crippen LogP contribution is -3.08. The van der Waals surface area contributed by atoms with Gasteiger partial charge in [0.05, 0.1) is 13.1 Å². The van der Waals surface area contributed by atoms with E-state index >= 15 is 0 Å². The van der Waals surface area contributed by atoms with E-state index in [0.717, 1.165) is 16.6 Å². The SMILES string of the molecule is O=C(COc1ccc(Br)cc1)NCc1ccc(C[NH+]2CCCC2)cc1. The molecule has 1 fully saturated rings. The van der Waals surface area contributed by atoms with Crippen molar-refractivity contribution in [3.63, 3.8) is 0 Å². The number of ether oxygens (including phenoxy) is 1. The largest absolute Gasteiger partial charge is 0.484 e. The van der Waals surface area contributed by atoms with Crippen LogP contribution in [-0.2, 0) is 17.9 Å². The topological polar surface area (TPSA) is 42.8 Å². The fraction of sp³-hybridized carbons (Fsp3) is 0.350. The summed E-state index contributed by atoms with van der Waals surface area (Å²) in [6.07, 6.45) is 2.70. The third-order valence-electron chi connectivity index (χ3n) is 4.46. The molecule has 0 unspecified atom stereocenters. The van der Waals surface area contributed by atoms with Crippen molar-refractivity contribution >= 4 is 21.8 Å². The number of quaternary nitrogens is 1. The molecule has 2 aromatic rings. The van der Waals surface area contributed by atoms with Crippen molar-refractivity contribution in [1.82, 2.24) is 5.32 Å². The van der Waals surface area contributed by atoms with E-state index in [9.17, 15) is 4.79 Å². The summed E-state index contributed by atoms with van der Waals surface area (Å²) in [5.74, 6) is 0.570. The van der Waals surface area contributed by atoms with E-state index in [1.54, 1.807) is 4.90 Å². The second kappa shape index (κ2) is 9.02. The van der Waals surface area contributed by atoms with Crippen LogP contribution < -0.4 is 15.0 Å². The Labute approximate surface area is 157 Å². The van der Waals surface area contributed by atoms with Gasteiger partial charge in [0.15, 0.2) is 6.61 Å². The maximum absolute atomic E-state index is 11.9. The molecule has 0 aliphatic carbocycles. The van der Waals surface area contributed by atoms with E-state index in [4.69, 9.17) is 4.74 Å². The Kier molecular flexibility index (Phi) is 6.48. The average Bonchev–Trinajstić information content (AvgIpc) is 3.14. The quantitative estimate of drug-likeness (QED) is 0.744. The molecule has 1 heterocycles. The highest BCUT2D eigenvalue weighted by atomic mass is 79.9. The van der Waals surface area contributed by atoms with E-state index in [1.807, 2.05) is 24.3 Å². The van der Waals surface area contributed by atoms with Gasteiger partial charge in [-0.15, -0.1) is 0 Å². The number of amides is 1. The first kappa shape index (κ1) is 18.0. The Morgan fingerprint density at radius 1 is 1.00 bits per heavy atom. The van der Waals surface area contributed by atoms with E-state index in [-0.39, 0.29) is 12.5 Å². The molecule has 25 heavy (non-hydrogen) atoms. The fourth-order valence-electron chi connectivity index (χ4n) is 3.05. The first-order valence-corrected chi connectivity index (χ1v) is 9.55. The van der Waals surface area contributed by atoms with Gasteiger partial charge in [-0.3, -0.25) is 4.79 Å². The number of carbonyl (C=O) groups excluding carboxylic acids is 1. The highest BCUT2D eigenvalue weighted by Gasteiger charge is 2.15. The van der Waals surface area contributed by atoms with Crippen molar-refractivity contribution in [1.29, 1.82) is 0 Å². The molecule has 3 rings (SSSR count). The average molecular weight is 404 g/mol. The van der Waals surface area contributed by atoms with Crippen LogP contribution in [0.4, 0.5) is 0 Å². The number of nitrogens with one attached hydrogen (secondary N) is 2. The summed E-state index contributed by atoms with van der Waals surface area (Å²) in [5.41, 5.74) is 2.47. The van der Waals surface area contributed by atoms with Gasteiger partial charge in [-0.1, -0.05) is 40.2 Å². The Balaban J connectivity index is 1.39. The van der Waals surface area contributed by atoms with Gasteiger partial charge in [0.25, 0.3) is 5.91 Å². The first-order chi connectivity index (χ1) is 12.2. The number of benzene rings is 2. The standard InChI is InChI=1S/C20H23BrN2O2/c21-18-7-9-19(10-8-18)25-15-20(24)22-13-16-3-5-17(6-4-16)14-23-11-1-2-12-23/h3-10H,1-2,11-15H2,(H,22,24)/p+1. The highest BCUT2D eigenvalue weighted by molar-refractivity contribution is 9.10. The predicted octanol–water partition coefficient (Wildman–Crippen LogP) is 2.32. The minimum atomic E-state index is -0.117. The van der Waals surface area contributed by atoms with Crippen LogP contribution in [0.3, 0.4) is 0 Å². The lowest BCUT2D eigenvalue weighted by atomic mass is 10.1. The molecule has 2 aromatic carbocycles. The molecule has 0 bridgehead atoms. The van der Waals surface area contributed by atoms with Gasteiger partial charge in [-0.05, 0) is 29.8 Å². The van der Waals surface area contributed by atoms with Gasteiger partial charge in [0.1, 0.15) is 12.3 Å². The molecule has 0 atom stereocenters. The monoisotopic (exact) mass is 403 g/mol. The lowest BCUT2D eigenvalue weighted by Gasteiger charge is -2.12. The summed E-state index contributed by atoms with van der Waals surface area (Å²) in [5, 5.41) is 2.89. The Bertz CT molecular complexity index is 680. The zero-order chi connectivity index (χ0) is 17.5. The summed E-state index contributed by atoms with van der Waals surface area (Å²) < 4.78 is 6.45. The molecular weight excluding hydrogens is 380 g/mol. The number of halogens is 1. The van der Waals surface area contributed by atoms with Gasteiger partial charge in [0.2, 0.25) is 0 Å². The molecule has 4 nitrogen and oxygen atoms in total. The molecular formula is C20H24BrN2O2+. The van der Waals surface area contributed by atoms with Crippen LogP contribution in [0, 0.1) is 0 Å². The summed E-state index contributed by atoms with van der Waals surface area (Å²) in [6.45, 7) is 4.23. The zero-order valence-electron chi connectivity index (χ0n) is 14.3. The van der Waals surface area contributed by atoms with Gasteiger partial charge >= 0.3 is 0 Å². The Morgan fingerprint density at radius 3 is 2.32 bits per heavy atom. The minimum absolute atomic E-state index is 0.0258. The summed E-state index contributed by atoms with van der Waals surface area (Å²) in [7, 11) is 0. The maximum Gasteiger partial charge on any atom is 0.258 e. The molecule has 1 amide bonds. The van der Waals surface area contributed by atoms with E-state index in [0.29, 0.717) is 12.3 Å². The molecule has 1 saturated heterocycles. The van der Waals surface area contributed by atoms with Crippen LogP contribution in [0.5, 0.6) is 5.75 Å². The van der Waals surface area contributed by atoms with Crippen LogP contribution in [0.25, 0.3) is 0 Å². The fourth-order valence-corrected chi connectivity index (χ4v) is 3.31. The molecule has 0 spiro atoms. The number of rotatable bonds is 7. The second-order valence-electron chi connectivity index (χ2n) is 6.47. The Hall–Kier alpha value is -1.85. The van der Waals surface area contributed by atoms with Crippen LogP contribution >= 0.6 is 15.9 Å². The summed E-state index contributed by atoms with van der Waals surface area (Å²) in [6, 6.07) is 16.0. The minimum Gasteiger partial charge on any atom is -0.484 e. The van der Waals surface area contributed by atoms with Crippen molar-refractivity contribution in [2.24, 2.45) is 0 Å². The third-order valence-corrected chi connectivity index (χ3v) is 4.99. The van der Waals surface area contributed by atoms with Gasteiger partial charge in [-0.2, -0.15) is 0 Å². The van der Waals surface area contributed by atoms with Crippen LogP contribution in [0.15, 0.2) is 53.0 Å². The first-order valence-electron chi connectivity index (χ1n) is 8.75. The number of hydrogen-bond donors (Lipinski definition) is 2. The molecule has 5 heteroatoms. The van der Waals surface area contributed by atoms with Crippen LogP contribution in [0.1, 0.15) is 24.0 Å². The van der Waals surface area contributed by atoms with Crippen molar-refractivity contribution in [3.8, 4) is 5.75 Å². The van der Waals surface area contributed by atoms with Crippen molar-refractivity contribution < 1.29 is 14.4 Å². The molecule has 0 aromatic heterocycles. The number of hydrogen-bond acceptors (Lipinski definition) is 2. The van der Waals surface area contributed by atoms with Crippen LogP contribution in [-0.4, -0.2) is 25.6 Å². The molecule has 1 aliphatic rings. The second-order valence-corrected chi connectivity index (χ2v) is 7.39. The van der Waals surface area contributed by atoms with Gasteiger partial charge < -0.3 is 15.0 Å². The molecule has 2 N–H and O–H groups in total. The Morgan fingerprint density at radius 2 is 1.64 bits per heavy atom. The smallest absolute Gasteiger partial charge is 0.258 e. The van der Waals surface area contributed by atoms with Crippen molar-refractivity contribution in [2.45, 2.75) is 25.9 Å². The van der Waals surface area contributed by atoms with Gasteiger partial charge in [0, 0.05) is 29.4 Å². The molecule has 132 valence electrons. The predicted molar refractivity (Wildman–Crippen MR) is 102 cm³/mol. The van der Waals surface area contributed by atoms with Gasteiger partial charge in [-0.25, -0.2) is 0 Å². The molecule has 0 radical (unpaired) electrons. The lowest BCUT2D eigenvalue weighted by molar-refractivity contribution is -0.901. The summed E-state index contributed by atoms with van der Waals surface area (Å²) >= 11 is 3.37.